The molecule has 0 bridgehead atoms. The monoisotopic (exact) mass is 781 g/mol. The van der Waals surface area contributed by atoms with E-state index < -0.39 is 0 Å². The lowest BCUT2D eigenvalue weighted by molar-refractivity contribution is -0.401. The van der Waals surface area contributed by atoms with Gasteiger partial charge in [0.05, 0.1) is 5.41 Å². The van der Waals surface area contributed by atoms with Gasteiger partial charge in [0.25, 0.3) is 0 Å². The first-order valence-corrected chi connectivity index (χ1v) is 20.9. The van der Waals surface area contributed by atoms with Crippen LogP contribution < -0.4 is 4.90 Å². The molecule has 0 unspecified atom stereocenters. The van der Waals surface area contributed by atoms with E-state index in [1.807, 2.05) is 18.2 Å². The van der Waals surface area contributed by atoms with Crippen LogP contribution in [0.3, 0.4) is 0 Å². The van der Waals surface area contributed by atoms with Gasteiger partial charge in [0.2, 0.25) is 5.69 Å². The maximum absolute atomic E-state index is 6.47. The van der Waals surface area contributed by atoms with Crippen LogP contribution in [0, 0.1) is 0 Å². The lowest BCUT2D eigenvalue weighted by Gasteiger charge is -2.25. The molecule has 0 atom stereocenters. The molecule has 0 fully saturated rings. The maximum atomic E-state index is 6.47. The minimum atomic E-state index is -0.176. The van der Waals surface area contributed by atoms with Gasteiger partial charge in [-0.2, -0.15) is 4.58 Å². The molecule has 0 spiro atoms. The number of thioether (sulfide) groups is 2. The minimum Gasteiger partial charge on any atom is -0.347 e. The number of likely N-dealkylation sites (N-methyl/N-ethyl adjacent to an activating group) is 1. The fraction of sp³-hybridized carbons (Fsp3) is 0.279. The smallest absolute Gasteiger partial charge is 0.209 e. The molecule has 4 nitrogen and oxygen atoms in total. The third-order valence-electron chi connectivity index (χ3n) is 10.5. The predicted molar refractivity (Wildman–Crippen MR) is 226 cm³/mol. The van der Waals surface area contributed by atoms with Crippen LogP contribution in [-0.4, -0.2) is 34.6 Å². The van der Waals surface area contributed by atoms with E-state index in [1.54, 1.807) is 34.9 Å². The van der Waals surface area contributed by atoms with Gasteiger partial charge in [-0.1, -0.05) is 121 Å². The molecule has 0 saturated carbocycles. The van der Waals surface area contributed by atoms with E-state index in [4.69, 9.17) is 23.2 Å². The number of nitrogens with zero attached hydrogens (tertiary/aromatic N) is 4. The van der Waals surface area contributed by atoms with Crippen LogP contribution in [0.5, 0.6) is 0 Å². The van der Waals surface area contributed by atoms with Crippen molar-refractivity contribution in [3.8, 4) is 0 Å². The summed E-state index contributed by atoms with van der Waals surface area (Å²) in [6.07, 6.45) is 14.3. The Morgan fingerprint density at radius 2 is 1.60 bits per heavy atom. The number of fused-ring (bicyclic) bond motifs is 2. The zero-order chi connectivity index (χ0) is 36.8. The van der Waals surface area contributed by atoms with Crippen LogP contribution in [-0.2, 0) is 16.6 Å². The Bertz CT molecular complexity index is 2220. The molecule has 0 saturated heterocycles. The molecule has 7 rings (SSSR count). The Hall–Kier alpha value is -3.33. The normalized spacial score (nSPS) is 19.3. The first kappa shape index (κ1) is 37.0. The zero-order valence-corrected chi connectivity index (χ0v) is 34.4. The average molecular weight is 783 g/mol. The molecular weight excluding hydrogens is 740 g/mol. The standard InChI is InChI=1S/C43H43Cl2N4S3/c1-8-27-12-14-28(15-13-27)26-50-40-46-47-41(52-40)51-39-29(16-22-37-42(2,3)33-24-31(44)18-20-35(33)48(37)6)10-9-11-30(39)17-23-38-43(4,5)34-25-32(45)19-21-36(34)49(38)7/h8,12-25H,1,9-11,26H2,2-7H3/q+1. The molecule has 3 heterocycles. The van der Waals surface area contributed by atoms with E-state index >= 15 is 0 Å². The number of halogens is 2. The van der Waals surface area contributed by atoms with Gasteiger partial charge < -0.3 is 4.90 Å². The third kappa shape index (κ3) is 7.15. The number of rotatable bonds is 9. The first-order chi connectivity index (χ1) is 24.9. The number of aromatic nitrogens is 2. The van der Waals surface area contributed by atoms with Crippen LogP contribution in [0.25, 0.3) is 6.08 Å². The number of benzene rings is 3. The molecule has 52 heavy (non-hydrogen) atoms. The van der Waals surface area contributed by atoms with E-state index in [9.17, 15) is 0 Å². The summed E-state index contributed by atoms with van der Waals surface area (Å²) in [6.45, 7) is 13.0. The highest BCUT2D eigenvalue weighted by Gasteiger charge is 2.43. The summed E-state index contributed by atoms with van der Waals surface area (Å²) in [6, 6.07) is 21.0. The highest BCUT2D eigenvalue weighted by Crippen LogP contribution is 2.49. The van der Waals surface area contributed by atoms with Crippen molar-refractivity contribution < 1.29 is 4.58 Å². The van der Waals surface area contributed by atoms with Crippen LogP contribution in [0.2, 0.25) is 10.0 Å². The van der Waals surface area contributed by atoms with Crippen molar-refractivity contribution in [3.63, 3.8) is 0 Å². The molecule has 2 aliphatic heterocycles. The summed E-state index contributed by atoms with van der Waals surface area (Å²) in [5.74, 6) is 0.846. The van der Waals surface area contributed by atoms with Crippen molar-refractivity contribution in [2.24, 2.45) is 0 Å². The van der Waals surface area contributed by atoms with Crippen LogP contribution in [0.15, 0.2) is 122 Å². The van der Waals surface area contributed by atoms with Gasteiger partial charge in [-0.3, -0.25) is 0 Å². The fourth-order valence-corrected chi connectivity index (χ4v) is 11.2. The number of hydrogen-bond acceptors (Lipinski definition) is 6. The summed E-state index contributed by atoms with van der Waals surface area (Å²) in [5, 5.41) is 10.8. The molecule has 3 aromatic carbocycles. The van der Waals surface area contributed by atoms with Crippen molar-refractivity contribution >= 4 is 81.2 Å². The van der Waals surface area contributed by atoms with Gasteiger partial charge in [-0.05, 0) is 97.4 Å². The maximum Gasteiger partial charge on any atom is 0.209 e. The lowest BCUT2D eigenvalue weighted by Crippen LogP contribution is -2.26. The quantitative estimate of drug-likeness (QED) is 0.125. The van der Waals surface area contributed by atoms with E-state index in [2.05, 4.69) is 141 Å². The largest absolute Gasteiger partial charge is 0.347 e. The summed E-state index contributed by atoms with van der Waals surface area (Å²) in [4.78, 5) is 3.58. The highest BCUT2D eigenvalue weighted by atomic mass is 35.5. The molecule has 3 aliphatic rings. The van der Waals surface area contributed by atoms with E-state index in [1.165, 1.54) is 55.5 Å². The molecule has 0 radical (unpaired) electrons. The van der Waals surface area contributed by atoms with E-state index in [0.717, 1.165) is 49.3 Å². The van der Waals surface area contributed by atoms with Gasteiger partial charge in [0.1, 0.15) is 7.05 Å². The molecule has 1 aliphatic carbocycles. The lowest BCUT2D eigenvalue weighted by atomic mass is 9.81. The van der Waals surface area contributed by atoms with E-state index in [0.29, 0.717) is 0 Å². The molecular formula is C43H43Cl2N4S3+. The van der Waals surface area contributed by atoms with E-state index in [-0.39, 0.29) is 10.8 Å². The van der Waals surface area contributed by atoms with Gasteiger partial charge in [-0.15, -0.1) is 10.2 Å². The Labute approximate surface area is 330 Å². The molecule has 0 N–H and O–H groups in total. The van der Waals surface area contributed by atoms with Crippen molar-refractivity contribution in [1.82, 2.24) is 10.2 Å². The van der Waals surface area contributed by atoms with Crippen molar-refractivity contribution in [2.75, 3.05) is 19.0 Å². The second kappa shape index (κ2) is 14.8. The Balaban J connectivity index is 1.23. The van der Waals surface area contributed by atoms with Crippen molar-refractivity contribution in [2.45, 2.75) is 72.2 Å². The van der Waals surface area contributed by atoms with Crippen molar-refractivity contribution in [1.29, 1.82) is 0 Å². The molecule has 266 valence electrons. The Morgan fingerprint density at radius 3 is 2.35 bits per heavy atom. The molecule has 9 heteroatoms. The number of allylic oxidation sites excluding steroid dienone is 7. The highest BCUT2D eigenvalue weighted by molar-refractivity contribution is 8.05. The molecule has 0 amide bonds. The van der Waals surface area contributed by atoms with Gasteiger partial charge in [0, 0.05) is 62.3 Å². The Morgan fingerprint density at radius 1 is 0.885 bits per heavy atom. The van der Waals surface area contributed by atoms with Crippen LogP contribution >= 0.6 is 58.1 Å². The van der Waals surface area contributed by atoms with Crippen LogP contribution in [0.4, 0.5) is 11.4 Å². The predicted octanol–water partition coefficient (Wildman–Crippen LogP) is 12.8. The minimum absolute atomic E-state index is 0.176. The summed E-state index contributed by atoms with van der Waals surface area (Å²) in [5.41, 5.74) is 12.1. The van der Waals surface area contributed by atoms with Gasteiger partial charge >= 0.3 is 0 Å². The van der Waals surface area contributed by atoms with Crippen LogP contribution in [0.1, 0.15) is 69.2 Å². The van der Waals surface area contributed by atoms with Gasteiger partial charge in [-0.25, -0.2) is 0 Å². The molecule has 1 aromatic heterocycles. The second-order valence-corrected chi connectivity index (χ2v) is 18.9. The van der Waals surface area contributed by atoms with Gasteiger partial charge in [0.15, 0.2) is 14.4 Å². The second-order valence-electron chi connectivity index (χ2n) is 14.5. The Kier molecular flexibility index (Phi) is 10.6. The fourth-order valence-electron chi connectivity index (χ4n) is 7.61. The first-order valence-electron chi connectivity index (χ1n) is 17.5. The summed E-state index contributed by atoms with van der Waals surface area (Å²) < 4.78 is 4.24. The summed E-state index contributed by atoms with van der Waals surface area (Å²) >= 11 is 18.1. The SMILES string of the molecule is C=Cc1ccc(CSc2nnc(SC3=C(/C=C/C4=[N+](C)c5ccc(Cl)cc5C4(C)C)CCC/C3=C\C=C3\N(C)c4ccc(Cl)cc4C3(C)C)s2)cc1. The number of hydrogen-bond donors (Lipinski definition) is 0. The molecule has 4 aromatic rings. The average Bonchev–Trinajstić information content (AvgIpc) is 3.71. The zero-order valence-electron chi connectivity index (χ0n) is 30.5. The third-order valence-corrected chi connectivity index (χ3v) is 14.4. The summed E-state index contributed by atoms with van der Waals surface area (Å²) in [7, 11) is 4.31. The van der Waals surface area contributed by atoms with Crippen molar-refractivity contribution in [3.05, 3.63) is 146 Å². The number of anilines is 1. The topological polar surface area (TPSA) is 32.0 Å².